The average molecular weight is 265 g/mol. The van der Waals surface area contributed by atoms with Crippen molar-refractivity contribution in [3.63, 3.8) is 0 Å². The van der Waals surface area contributed by atoms with Crippen molar-refractivity contribution in [2.24, 2.45) is 0 Å². The molecule has 0 N–H and O–H groups in total. The zero-order valence-electron chi connectivity index (χ0n) is 10.9. The molecule has 18 heavy (non-hydrogen) atoms. The summed E-state index contributed by atoms with van der Waals surface area (Å²) < 4.78 is 0. The maximum absolute atomic E-state index is 11.5. The number of hydrogen-bond donors (Lipinski definition) is 0. The maximum Gasteiger partial charge on any atom is 0.246 e. The topological polar surface area (TPSA) is 36.4 Å². The van der Waals surface area contributed by atoms with E-state index < -0.39 is 0 Å². The highest BCUT2D eigenvalue weighted by molar-refractivity contribution is 7.11. The van der Waals surface area contributed by atoms with Crippen LogP contribution in [0, 0.1) is 6.92 Å². The fraction of sp³-hybridized carbons (Fsp3) is 0.538. The summed E-state index contributed by atoms with van der Waals surface area (Å²) >= 11 is 1.75. The third-order valence-electron chi connectivity index (χ3n) is 3.34. The lowest BCUT2D eigenvalue weighted by atomic mass is 10.2. The molecule has 1 aromatic heterocycles. The molecule has 1 atom stereocenters. The largest absolute Gasteiger partial charge is 0.337 e. The van der Waals surface area contributed by atoms with Crippen molar-refractivity contribution in [3.8, 4) is 0 Å². The van der Waals surface area contributed by atoms with Crippen molar-refractivity contribution in [2.45, 2.75) is 19.9 Å². The van der Waals surface area contributed by atoms with E-state index in [1.54, 1.807) is 11.3 Å². The smallest absolute Gasteiger partial charge is 0.246 e. The summed E-state index contributed by atoms with van der Waals surface area (Å²) in [4.78, 5) is 21.4. The van der Waals surface area contributed by atoms with Gasteiger partial charge >= 0.3 is 0 Å². The van der Waals surface area contributed by atoms with E-state index in [0.717, 1.165) is 31.2 Å². The summed E-state index contributed by atoms with van der Waals surface area (Å²) in [6.07, 6.45) is 3.32. The van der Waals surface area contributed by atoms with E-state index in [1.165, 1.54) is 11.0 Å². The van der Waals surface area contributed by atoms with E-state index in [4.69, 9.17) is 0 Å². The first-order valence-corrected chi connectivity index (χ1v) is 7.01. The number of nitrogens with zero attached hydrogens (tertiary/aromatic N) is 3. The predicted molar refractivity (Wildman–Crippen MR) is 73.6 cm³/mol. The zero-order chi connectivity index (χ0) is 13.1. The molecule has 0 aromatic carbocycles. The molecule has 98 valence electrons. The second kappa shape index (κ2) is 5.63. The number of aromatic nitrogens is 1. The Balaban J connectivity index is 1.93. The lowest BCUT2D eigenvalue weighted by Crippen LogP contribution is -2.48. The number of carbonyl (C=O) groups is 1. The van der Waals surface area contributed by atoms with Gasteiger partial charge < -0.3 is 4.90 Å². The van der Waals surface area contributed by atoms with Gasteiger partial charge in [0.15, 0.2) is 0 Å². The van der Waals surface area contributed by atoms with Crippen LogP contribution in [-0.2, 0) is 4.79 Å². The van der Waals surface area contributed by atoms with Crippen LogP contribution in [0.1, 0.15) is 22.9 Å². The van der Waals surface area contributed by atoms with Gasteiger partial charge in [-0.2, -0.15) is 0 Å². The van der Waals surface area contributed by atoms with Crippen LogP contribution < -0.4 is 0 Å². The summed E-state index contributed by atoms with van der Waals surface area (Å²) in [5.74, 6) is 0.0346. The first kappa shape index (κ1) is 13.2. The molecule has 1 amide bonds. The second-order valence-corrected chi connectivity index (χ2v) is 5.82. The molecule has 0 spiro atoms. The number of amides is 1. The van der Waals surface area contributed by atoms with Gasteiger partial charge in [-0.15, -0.1) is 11.3 Å². The van der Waals surface area contributed by atoms with E-state index >= 15 is 0 Å². The molecule has 4 nitrogen and oxygen atoms in total. The minimum Gasteiger partial charge on any atom is -0.337 e. The predicted octanol–water partition coefficient (Wildman–Crippen LogP) is 1.84. The Labute approximate surface area is 112 Å². The highest BCUT2D eigenvalue weighted by Gasteiger charge is 2.24. The molecule has 0 bridgehead atoms. The van der Waals surface area contributed by atoms with Gasteiger partial charge in [-0.05, 0) is 19.9 Å². The SMILES string of the molecule is C=CC(=O)N1CCN(C(C)c2ncc(C)s2)CC1. The summed E-state index contributed by atoms with van der Waals surface area (Å²) in [7, 11) is 0. The summed E-state index contributed by atoms with van der Waals surface area (Å²) in [5, 5.41) is 1.16. The molecule has 1 fully saturated rings. The van der Waals surface area contributed by atoms with Gasteiger partial charge in [0.05, 0.1) is 6.04 Å². The number of hydrogen-bond acceptors (Lipinski definition) is 4. The van der Waals surface area contributed by atoms with Crippen molar-refractivity contribution in [1.82, 2.24) is 14.8 Å². The highest BCUT2D eigenvalue weighted by atomic mass is 32.1. The molecule has 1 aromatic rings. The second-order valence-electron chi connectivity index (χ2n) is 4.55. The normalized spacial score (nSPS) is 18.7. The number of thiazole rings is 1. The van der Waals surface area contributed by atoms with Crippen LogP contribution in [0.3, 0.4) is 0 Å². The van der Waals surface area contributed by atoms with E-state index in [9.17, 15) is 4.79 Å². The Bertz CT molecular complexity index is 435. The lowest BCUT2D eigenvalue weighted by Gasteiger charge is -2.36. The van der Waals surface area contributed by atoms with E-state index in [1.807, 2.05) is 11.1 Å². The molecule has 5 heteroatoms. The number of aryl methyl sites for hydroxylation is 1. The molecule has 0 aliphatic carbocycles. The van der Waals surface area contributed by atoms with Gasteiger partial charge in [-0.3, -0.25) is 9.69 Å². The minimum absolute atomic E-state index is 0.0346. The molecule has 0 radical (unpaired) electrons. The first-order valence-electron chi connectivity index (χ1n) is 6.19. The quantitative estimate of drug-likeness (QED) is 0.783. The van der Waals surface area contributed by atoms with Crippen molar-refractivity contribution in [2.75, 3.05) is 26.2 Å². The number of piperazine rings is 1. The molecular formula is C13H19N3OS. The van der Waals surface area contributed by atoms with Crippen molar-refractivity contribution in [1.29, 1.82) is 0 Å². The van der Waals surface area contributed by atoms with Crippen molar-refractivity contribution >= 4 is 17.2 Å². The van der Waals surface area contributed by atoms with Gasteiger partial charge in [0.1, 0.15) is 5.01 Å². The number of carbonyl (C=O) groups excluding carboxylic acids is 1. The summed E-state index contributed by atoms with van der Waals surface area (Å²) in [5.41, 5.74) is 0. The van der Waals surface area contributed by atoms with E-state index in [0.29, 0.717) is 6.04 Å². The Hall–Kier alpha value is -1.20. The highest BCUT2D eigenvalue weighted by Crippen LogP contribution is 2.25. The molecule has 0 saturated carbocycles. The number of rotatable bonds is 3. The fourth-order valence-electron chi connectivity index (χ4n) is 2.18. The third kappa shape index (κ3) is 2.79. The van der Waals surface area contributed by atoms with E-state index in [2.05, 4.69) is 30.3 Å². The van der Waals surface area contributed by atoms with Crippen LogP contribution >= 0.6 is 11.3 Å². The average Bonchev–Trinajstić information content (AvgIpc) is 2.84. The van der Waals surface area contributed by atoms with Crippen LogP contribution in [0.4, 0.5) is 0 Å². The van der Waals surface area contributed by atoms with E-state index in [-0.39, 0.29) is 5.91 Å². The molecule has 2 heterocycles. The van der Waals surface area contributed by atoms with Crippen molar-refractivity contribution in [3.05, 3.63) is 28.7 Å². The molecule has 1 aliphatic heterocycles. The van der Waals surface area contributed by atoms with Crippen LogP contribution in [0.2, 0.25) is 0 Å². The van der Waals surface area contributed by atoms with Gasteiger partial charge in [-0.1, -0.05) is 6.58 Å². The zero-order valence-corrected chi connectivity index (χ0v) is 11.7. The Kier molecular flexibility index (Phi) is 4.14. The van der Waals surface area contributed by atoms with Gasteiger partial charge in [0.25, 0.3) is 0 Å². The lowest BCUT2D eigenvalue weighted by molar-refractivity contribution is -0.128. The Morgan fingerprint density at radius 2 is 2.17 bits per heavy atom. The molecule has 2 rings (SSSR count). The van der Waals surface area contributed by atoms with Crippen LogP contribution in [0.15, 0.2) is 18.9 Å². The monoisotopic (exact) mass is 265 g/mol. The Morgan fingerprint density at radius 1 is 1.50 bits per heavy atom. The van der Waals surface area contributed by atoms with Crippen LogP contribution in [0.25, 0.3) is 0 Å². The van der Waals surface area contributed by atoms with Crippen LogP contribution in [-0.4, -0.2) is 46.9 Å². The molecule has 1 aliphatic rings. The van der Waals surface area contributed by atoms with Gasteiger partial charge in [0.2, 0.25) is 5.91 Å². The standard InChI is InChI=1S/C13H19N3OS/c1-4-12(17)16-7-5-15(6-8-16)11(3)13-14-9-10(2)18-13/h4,9,11H,1,5-8H2,2-3H3. The fourth-order valence-corrected chi connectivity index (χ4v) is 3.04. The van der Waals surface area contributed by atoms with Crippen molar-refractivity contribution < 1.29 is 4.79 Å². The van der Waals surface area contributed by atoms with Crippen LogP contribution in [0.5, 0.6) is 0 Å². The summed E-state index contributed by atoms with van der Waals surface area (Å²) in [6.45, 7) is 11.1. The maximum atomic E-state index is 11.5. The third-order valence-corrected chi connectivity index (χ3v) is 4.43. The summed E-state index contributed by atoms with van der Waals surface area (Å²) in [6, 6.07) is 0.338. The molecule has 1 saturated heterocycles. The van der Waals surface area contributed by atoms with Gasteiger partial charge in [0, 0.05) is 37.3 Å². The first-order chi connectivity index (χ1) is 8.61. The van der Waals surface area contributed by atoms with Gasteiger partial charge in [-0.25, -0.2) is 4.98 Å². The minimum atomic E-state index is 0.0346. The molecule has 1 unspecified atom stereocenters. The molecular weight excluding hydrogens is 246 g/mol. The Morgan fingerprint density at radius 3 is 2.67 bits per heavy atom.